The number of aryl methyl sites for hydroxylation is 1. The Morgan fingerprint density at radius 1 is 1.21 bits per heavy atom. The minimum absolute atomic E-state index is 0.0216. The van der Waals surface area contributed by atoms with E-state index in [1.807, 2.05) is 31.2 Å². The van der Waals surface area contributed by atoms with Crippen molar-refractivity contribution in [3.8, 4) is 6.07 Å². The summed E-state index contributed by atoms with van der Waals surface area (Å²) in [6.07, 6.45) is 0. The molecule has 3 nitrogen and oxygen atoms in total. The second-order valence-electron chi connectivity index (χ2n) is 5.37. The van der Waals surface area contributed by atoms with Crippen LogP contribution in [0.3, 0.4) is 0 Å². The van der Waals surface area contributed by atoms with Crippen molar-refractivity contribution in [3.63, 3.8) is 0 Å². The number of ketones is 1. The topological polar surface area (TPSA) is 53.8 Å². The normalized spacial score (nSPS) is 10.5. The molecule has 3 rings (SSSR count). The van der Waals surface area contributed by atoms with Gasteiger partial charge in [0.15, 0.2) is 5.78 Å². The highest BCUT2D eigenvalue weighted by atomic mass is 35.5. The number of benzene rings is 2. The standard InChI is InChI=1S/C19H13ClN2OS/c1-12-2-3-14-9-15(10-21)19(22-17(14)8-12)24-11-18(23)13-4-6-16(20)7-5-13/h2-9H,11H2,1H3. The van der Waals surface area contributed by atoms with Crippen molar-refractivity contribution in [2.75, 3.05) is 5.75 Å². The number of Topliss-reactive ketones (excluding diaryl/α,β-unsaturated/α-hetero) is 1. The van der Waals surface area contributed by atoms with E-state index in [1.165, 1.54) is 11.8 Å². The lowest BCUT2D eigenvalue weighted by Gasteiger charge is -2.06. The van der Waals surface area contributed by atoms with Crippen LogP contribution in [0.25, 0.3) is 10.9 Å². The van der Waals surface area contributed by atoms with Gasteiger partial charge in [-0.25, -0.2) is 4.98 Å². The number of aromatic nitrogens is 1. The van der Waals surface area contributed by atoms with Crippen LogP contribution in [0.15, 0.2) is 53.6 Å². The van der Waals surface area contributed by atoms with Crippen molar-refractivity contribution >= 4 is 40.0 Å². The van der Waals surface area contributed by atoms with Gasteiger partial charge in [-0.2, -0.15) is 5.26 Å². The minimum Gasteiger partial charge on any atom is -0.293 e. The molecule has 0 bridgehead atoms. The zero-order valence-electron chi connectivity index (χ0n) is 12.9. The van der Waals surface area contributed by atoms with E-state index < -0.39 is 0 Å². The predicted molar refractivity (Wildman–Crippen MR) is 97.7 cm³/mol. The van der Waals surface area contributed by atoms with Crippen molar-refractivity contribution in [3.05, 3.63) is 70.2 Å². The minimum atomic E-state index is -0.0216. The molecule has 0 radical (unpaired) electrons. The average Bonchev–Trinajstić information content (AvgIpc) is 2.59. The molecule has 118 valence electrons. The Labute approximate surface area is 149 Å². The molecule has 0 aliphatic carbocycles. The predicted octanol–water partition coefficient (Wildman–Crippen LogP) is 5.04. The maximum absolute atomic E-state index is 12.3. The van der Waals surface area contributed by atoms with E-state index in [2.05, 4.69) is 11.1 Å². The highest BCUT2D eigenvalue weighted by molar-refractivity contribution is 8.00. The van der Waals surface area contributed by atoms with E-state index in [4.69, 9.17) is 11.6 Å². The molecule has 0 fully saturated rings. The summed E-state index contributed by atoms with van der Waals surface area (Å²) in [6, 6.07) is 16.7. The highest BCUT2D eigenvalue weighted by Crippen LogP contribution is 2.26. The molecule has 0 N–H and O–H groups in total. The molecule has 0 aliphatic rings. The first-order valence-electron chi connectivity index (χ1n) is 7.30. The lowest BCUT2D eigenvalue weighted by atomic mass is 10.1. The van der Waals surface area contributed by atoms with Crippen molar-refractivity contribution in [2.24, 2.45) is 0 Å². The molecule has 0 atom stereocenters. The summed E-state index contributed by atoms with van der Waals surface area (Å²) < 4.78 is 0. The van der Waals surface area contributed by atoms with E-state index in [9.17, 15) is 10.1 Å². The molecule has 24 heavy (non-hydrogen) atoms. The van der Waals surface area contributed by atoms with Crippen LogP contribution in [0.5, 0.6) is 0 Å². The molecule has 0 saturated carbocycles. The van der Waals surface area contributed by atoms with Gasteiger partial charge in [-0.1, -0.05) is 35.5 Å². The van der Waals surface area contributed by atoms with Crippen LogP contribution in [-0.2, 0) is 0 Å². The second kappa shape index (κ2) is 7.04. The summed E-state index contributed by atoms with van der Waals surface area (Å²) in [7, 11) is 0. The van der Waals surface area contributed by atoms with E-state index >= 15 is 0 Å². The maximum Gasteiger partial charge on any atom is 0.173 e. The number of nitriles is 1. The van der Waals surface area contributed by atoms with Gasteiger partial charge in [0, 0.05) is 16.0 Å². The quantitative estimate of drug-likeness (QED) is 0.487. The molecule has 3 aromatic rings. The monoisotopic (exact) mass is 352 g/mol. The Kier molecular flexibility index (Phi) is 4.84. The lowest BCUT2D eigenvalue weighted by Crippen LogP contribution is -2.03. The van der Waals surface area contributed by atoms with Gasteiger partial charge in [-0.05, 0) is 48.9 Å². The molecule has 0 unspecified atom stereocenters. The summed E-state index contributed by atoms with van der Waals surface area (Å²) >= 11 is 7.12. The number of thioether (sulfide) groups is 1. The van der Waals surface area contributed by atoms with Crippen molar-refractivity contribution in [2.45, 2.75) is 11.9 Å². The zero-order chi connectivity index (χ0) is 17.1. The number of pyridine rings is 1. The van der Waals surface area contributed by atoms with Gasteiger partial charge < -0.3 is 0 Å². The number of hydrogen-bond acceptors (Lipinski definition) is 4. The Hall–Kier alpha value is -2.35. The molecule has 0 saturated heterocycles. The fourth-order valence-corrected chi connectivity index (χ4v) is 3.29. The Morgan fingerprint density at radius 3 is 2.67 bits per heavy atom. The number of carbonyl (C=O) groups excluding carboxylic acids is 1. The summed E-state index contributed by atoms with van der Waals surface area (Å²) in [5.41, 5.74) is 3.02. The van der Waals surface area contributed by atoms with Crippen molar-refractivity contribution < 1.29 is 4.79 Å². The molecular formula is C19H13ClN2OS. The van der Waals surface area contributed by atoms with Crippen LogP contribution in [0.4, 0.5) is 0 Å². The van der Waals surface area contributed by atoms with Crippen LogP contribution < -0.4 is 0 Å². The largest absolute Gasteiger partial charge is 0.293 e. The fourth-order valence-electron chi connectivity index (χ4n) is 2.30. The maximum atomic E-state index is 12.3. The molecule has 0 aliphatic heterocycles. The number of fused-ring (bicyclic) bond motifs is 1. The summed E-state index contributed by atoms with van der Waals surface area (Å²) in [4.78, 5) is 16.8. The third-order valence-electron chi connectivity index (χ3n) is 3.56. The fraction of sp³-hybridized carbons (Fsp3) is 0.105. The van der Waals surface area contributed by atoms with Crippen molar-refractivity contribution in [1.82, 2.24) is 4.98 Å². The van der Waals surface area contributed by atoms with Crippen LogP contribution in [-0.4, -0.2) is 16.5 Å². The van der Waals surface area contributed by atoms with E-state index in [0.29, 0.717) is 21.2 Å². The zero-order valence-corrected chi connectivity index (χ0v) is 14.5. The van der Waals surface area contributed by atoms with Crippen molar-refractivity contribution in [1.29, 1.82) is 5.26 Å². The summed E-state index contributed by atoms with van der Waals surface area (Å²) in [6.45, 7) is 2.00. The number of rotatable bonds is 4. The Morgan fingerprint density at radius 2 is 1.96 bits per heavy atom. The average molecular weight is 353 g/mol. The Balaban J connectivity index is 1.85. The smallest absolute Gasteiger partial charge is 0.173 e. The van der Waals surface area contributed by atoms with E-state index in [1.54, 1.807) is 24.3 Å². The van der Waals surface area contributed by atoms with Gasteiger partial charge in [0.1, 0.15) is 11.1 Å². The highest BCUT2D eigenvalue weighted by Gasteiger charge is 2.12. The molecular weight excluding hydrogens is 340 g/mol. The van der Waals surface area contributed by atoms with Crippen LogP contribution in [0, 0.1) is 18.3 Å². The van der Waals surface area contributed by atoms with E-state index in [0.717, 1.165) is 16.5 Å². The molecule has 5 heteroatoms. The molecule has 1 heterocycles. The molecule has 1 aromatic heterocycles. The van der Waals surface area contributed by atoms with Gasteiger partial charge in [-0.3, -0.25) is 4.79 Å². The number of nitrogens with zero attached hydrogens (tertiary/aromatic N) is 2. The summed E-state index contributed by atoms with van der Waals surface area (Å²) in [5, 5.41) is 11.4. The van der Waals surface area contributed by atoms with Gasteiger partial charge in [-0.15, -0.1) is 0 Å². The first-order valence-corrected chi connectivity index (χ1v) is 8.66. The second-order valence-corrected chi connectivity index (χ2v) is 6.77. The van der Waals surface area contributed by atoms with Gasteiger partial charge in [0.25, 0.3) is 0 Å². The van der Waals surface area contributed by atoms with Crippen LogP contribution >= 0.6 is 23.4 Å². The molecule has 0 amide bonds. The van der Waals surface area contributed by atoms with Gasteiger partial charge in [0.2, 0.25) is 0 Å². The lowest BCUT2D eigenvalue weighted by molar-refractivity contribution is 0.102. The van der Waals surface area contributed by atoms with E-state index in [-0.39, 0.29) is 11.5 Å². The third-order valence-corrected chi connectivity index (χ3v) is 4.81. The third kappa shape index (κ3) is 3.59. The Bertz CT molecular complexity index is 962. The van der Waals surface area contributed by atoms with Gasteiger partial charge >= 0.3 is 0 Å². The first-order chi connectivity index (χ1) is 11.6. The summed E-state index contributed by atoms with van der Waals surface area (Å²) in [5.74, 6) is 0.201. The van der Waals surface area contributed by atoms with Crippen LogP contribution in [0.1, 0.15) is 21.5 Å². The number of halogens is 1. The first kappa shape index (κ1) is 16.5. The SMILES string of the molecule is Cc1ccc2cc(C#N)c(SCC(=O)c3ccc(Cl)cc3)nc2c1. The van der Waals surface area contributed by atoms with Gasteiger partial charge in [0.05, 0.1) is 16.8 Å². The molecule has 0 spiro atoms. The number of carbonyl (C=O) groups is 1. The number of hydrogen-bond donors (Lipinski definition) is 0. The van der Waals surface area contributed by atoms with Crippen LogP contribution in [0.2, 0.25) is 5.02 Å². The molecule has 2 aromatic carbocycles.